The number of hydrogen-bond acceptors (Lipinski definition) is 6. The largest absolute Gasteiger partial charge is 0.507 e. The van der Waals surface area contributed by atoms with Gasteiger partial charge < -0.3 is 25.4 Å². The minimum Gasteiger partial charge on any atom is -0.507 e. The SMILES string of the molecule is C[C@H]1C/C=C\C(=O)O[C@@H](/C=C/C#C/C=C/C(C)(C)[C@@H](O)c2cccc(O)c2Br)[C@H](C)/C=C/[C@@H](C)C[C@@H](OC(N)=O)C1. The molecule has 41 heavy (non-hydrogen) atoms. The van der Waals surface area contributed by atoms with Crippen LogP contribution in [0.25, 0.3) is 0 Å². The second-order valence-electron chi connectivity index (χ2n) is 11.3. The molecule has 0 bridgehead atoms. The molecule has 7 nitrogen and oxygen atoms in total. The molecule has 0 unspecified atom stereocenters. The third-order valence-electron chi connectivity index (χ3n) is 6.95. The van der Waals surface area contributed by atoms with Gasteiger partial charge in [0, 0.05) is 17.4 Å². The number of hydrogen-bond donors (Lipinski definition) is 3. The zero-order valence-corrected chi connectivity index (χ0v) is 26.0. The number of carbonyl (C=O) groups is 2. The highest BCUT2D eigenvalue weighted by molar-refractivity contribution is 9.10. The molecular formula is C33H42BrNO6. The number of aliphatic hydroxyl groups is 1. The van der Waals surface area contributed by atoms with Crippen molar-refractivity contribution in [2.75, 3.05) is 0 Å². The van der Waals surface area contributed by atoms with Gasteiger partial charge in [0.15, 0.2) is 0 Å². The lowest BCUT2D eigenvalue weighted by Crippen LogP contribution is -2.26. The van der Waals surface area contributed by atoms with Gasteiger partial charge in [-0.25, -0.2) is 9.59 Å². The van der Waals surface area contributed by atoms with Crippen molar-refractivity contribution in [2.45, 2.75) is 72.2 Å². The molecule has 1 amide bonds. The quantitative estimate of drug-likeness (QED) is 0.185. The number of rotatable bonds is 5. The summed E-state index contributed by atoms with van der Waals surface area (Å²) in [7, 11) is 0. The van der Waals surface area contributed by atoms with E-state index in [4.69, 9.17) is 15.2 Å². The molecule has 1 aliphatic rings. The molecule has 0 radical (unpaired) electrons. The van der Waals surface area contributed by atoms with Gasteiger partial charge in [-0.3, -0.25) is 0 Å². The maximum Gasteiger partial charge on any atom is 0.404 e. The van der Waals surface area contributed by atoms with Gasteiger partial charge in [-0.1, -0.05) is 82.9 Å². The summed E-state index contributed by atoms with van der Waals surface area (Å²) in [5, 5.41) is 20.8. The Morgan fingerprint density at radius 1 is 1.20 bits per heavy atom. The normalized spacial score (nSPS) is 26.8. The predicted molar refractivity (Wildman–Crippen MR) is 165 cm³/mol. The number of primary amides is 1. The van der Waals surface area contributed by atoms with Crippen LogP contribution in [-0.4, -0.2) is 34.5 Å². The third-order valence-corrected chi connectivity index (χ3v) is 7.81. The number of ether oxygens (including phenoxy) is 2. The molecule has 1 aliphatic heterocycles. The summed E-state index contributed by atoms with van der Waals surface area (Å²) in [6.07, 6.45) is 13.6. The fraction of sp³-hybridized carbons (Fsp3) is 0.455. The number of allylic oxidation sites excluding steroid dienone is 4. The van der Waals surface area contributed by atoms with Gasteiger partial charge in [-0.05, 0) is 76.9 Å². The Morgan fingerprint density at radius 2 is 1.90 bits per heavy atom. The number of carbonyl (C=O) groups excluding carboxylic acids is 2. The van der Waals surface area contributed by atoms with Gasteiger partial charge in [0.1, 0.15) is 18.0 Å². The number of nitrogens with two attached hydrogens (primary N) is 1. The lowest BCUT2D eigenvalue weighted by molar-refractivity contribution is -0.142. The third kappa shape index (κ3) is 11.6. The molecule has 1 aromatic carbocycles. The Balaban J connectivity index is 2.15. The molecule has 4 N–H and O–H groups in total. The minimum absolute atomic E-state index is 0.0645. The Bertz CT molecular complexity index is 1220. The van der Waals surface area contributed by atoms with Gasteiger partial charge in [-0.15, -0.1) is 0 Å². The summed E-state index contributed by atoms with van der Waals surface area (Å²) in [5.74, 6) is 5.69. The van der Waals surface area contributed by atoms with Crippen molar-refractivity contribution in [2.24, 2.45) is 28.9 Å². The first kappa shape index (κ1) is 33.9. The first-order chi connectivity index (χ1) is 19.3. The van der Waals surface area contributed by atoms with Gasteiger partial charge in [0.2, 0.25) is 0 Å². The monoisotopic (exact) mass is 627 g/mol. The van der Waals surface area contributed by atoms with Crippen molar-refractivity contribution < 1.29 is 29.3 Å². The van der Waals surface area contributed by atoms with Crippen LogP contribution >= 0.6 is 15.9 Å². The number of halogens is 1. The van der Waals surface area contributed by atoms with E-state index >= 15 is 0 Å². The highest BCUT2D eigenvalue weighted by Crippen LogP contribution is 2.40. The summed E-state index contributed by atoms with van der Waals surface area (Å²) < 4.78 is 11.5. The molecule has 0 saturated carbocycles. The highest BCUT2D eigenvalue weighted by Gasteiger charge is 2.28. The topological polar surface area (TPSA) is 119 Å². The Kier molecular flexibility index (Phi) is 13.4. The lowest BCUT2D eigenvalue weighted by Gasteiger charge is -2.28. The summed E-state index contributed by atoms with van der Waals surface area (Å²) in [4.78, 5) is 23.9. The van der Waals surface area contributed by atoms with Crippen LogP contribution in [0.1, 0.15) is 65.5 Å². The van der Waals surface area contributed by atoms with Gasteiger partial charge in [0.05, 0.1) is 10.6 Å². The maximum atomic E-state index is 12.5. The van der Waals surface area contributed by atoms with Crippen LogP contribution in [0.15, 0.2) is 71.3 Å². The number of amides is 1. The zero-order chi connectivity index (χ0) is 30.6. The maximum absolute atomic E-state index is 12.5. The van der Waals surface area contributed by atoms with E-state index < -0.39 is 29.7 Å². The van der Waals surface area contributed by atoms with Crippen LogP contribution in [0, 0.1) is 35.0 Å². The van der Waals surface area contributed by atoms with Crippen molar-refractivity contribution in [1.82, 2.24) is 0 Å². The molecule has 0 aromatic heterocycles. The Hall–Kier alpha value is -3.28. The van der Waals surface area contributed by atoms with Crippen molar-refractivity contribution >= 4 is 28.0 Å². The number of aliphatic hydroxyl groups excluding tert-OH is 1. The summed E-state index contributed by atoms with van der Waals surface area (Å²) >= 11 is 3.34. The molecule has 0 spiro atoms. The van der Waals surface area contributed by atoms with Crippen LogP contribution in [0.3, 0.4) is 0 Å². The minimum atomic E-state index is -0.870. The van der Waals surface area contributed by atoms with Crippen LogP contribution < -0.4 is 5.73 Å². The van der Waals surface area contributed by atoms with Crippen LogP contribution in [0.2, 0.25) is 0 Å². The first-order valence-electron chi connectivity index (χ1n) is 13.8. The summed E-state index contributed by atoms with van der Waals surface area (Å²) in [6.45, 7) is 9.79. The second kappa shape index (κ2) is 16.2. The van der Waals surface area contributed by atoms with Gasteiger partial charge in [-0.2, -0.15) is 0 Å². The van der Waals surface area contributed by atoms with E-state index in [1.165, 1.54) is 6.08 Å². The summed E-state index contributed by atoms with van der Waals surface area (Å²) in [6, 6.07) is 4.99. The highest BCUT2D eigenvalue weighted by atomic mass is 79.9. The molecule has 8 heteroatoms. The van der Waals surface area contributed by atoms with E-state index in [0.717, 1.165) is 0 Å². The average molecular weight is 629 g/mol. The first-order valence-corrected chi connectivity index (χ1v) is 14.6. The van der Waals surface area contributed by atoms with Gasteiger partial charge in [0.25, 0.3) is 0 Å². The molecule has 222 valence electrons. The van der Waals surface area contributed by atoms with Crippen molar-refractivity contribution in [3.8, 4) is 17.6 Å². The predicted octanol–water partition coefficient (Wildman–Crippen LogP) is 6.91. The molecule has 2 rings (SSSR count). The molecular weight excluding hydrogens is 586 g/mol. The molecule has 6 atom stereocenters. The van der Waals surface area contributed by atoms with Crippen molar-refractivity contribution in [1.29, 1.82) is 0 Å². The van der Waals surface area contributed by atoms with E-state index in [1.807, 2.05) is 52.8 Å². The number of phenolic OH excluding ortho intramolecular Hbond substituents is 1. The van der Waals surface area contributed by atoms with Crippen LogP contribution in [0.4, 0.5) is 4.79 Å². The molecule has 0 fully saturated rings. The lowest BCUT2D eigenvalue weighted by atomic mass is 9.82. The van der Waals surface area contributed by atoms with E-state index in [9.17, 15) is 19.8 Å². The average Bonchev–Trinajstić information content (AvgIpc) is 2.88. The van der Waals surface area contributed by atoms with Crippen LogP contribution in [0.5, 0.6) is 5.75 Å². The molecule has 1 heterocycles. The number of cyclic esters (lactones) is 1. The fourth-order valence-electron chi connectivity index (χ4n) is 4.50. The number of benzene rings is 1. The Morgan fingerprint density at radius 3 is 2.61 bits per heavy atom. The van der Waals surface area contributed by atoms with E-state index in [1.54, 1.807) is 42.5 Å². The van der Waals surface area contributed by atoms with E-state index in [2.05, 4.69) is 27.8 Å². The molecule has 0 aliphatic carbocycles. The van der Waals surface area contributed by atoms with Crippen LogP contribution in [-0.2, 0) is 14.3 Å². The molecule has 1 aromatic rings. The van der Waals surface area contributed by atoms with Crippen molar-refractivity contribution in [3.63, 3.8) is 0 Å². The summed E-state index contributed by atoms with van der Waals surface area (Å²) in [5.41, 5.74) is 5.21. The van der Waals surface area contributed by atoms with Gasteiger partial charge >= 0.3 is 12.1 Å². The standard InChI is InChI=1S/C33H42BrNO6/c1-22-12-10-16-29(37)41-28(24(3)18-17-23(2)21-25(20-22)40-32(35)39)15-8-6-7-9-19-33(4,5)31(38)26-13-11-14-27(36)30(26)34/h8-11,13-19,22-25,28,31,36,38H,12,20-21H2,1-5H3,(H2,35,39)/b15-8+,16-10-,18-17+,19-9+/t22-,23+,24+,25-,28-,31-/m0/s1. The van der Waals surface area contributed by atoms with E-state index in [0.29, 0.717) is 29.3 Å². The smallest absolute Gasteiger partial charge is 0.404 e. The second-order valence-corrected chi connectivity index (χ2v) is 12.1. The number of aromatic hydroxyl groups is 1. The number of phenols is 1. The van der Waals surface area contributed by atoms with Crippen molar-refractivity contribution in [3.05, 3.63) is 76.8 Å². The zero-order valence-electron chi connectivity index (χ0n) is 24.4. The fourth-order valence-corrected chi connectivity index (χ4v) is 4.98. The van der Waals surface area contributed by atoms with E-state index in [-0.39, 0.29) is 29.6 Å². The number of esters is 1. The molecule has 0 saturated heterocycles. The Labute approximate surface area is 252 Å².